The Morgan fingerprint density at radius 1 is 1.32 bits per heavy atom. The zero-order valence-corrected chi connectivity index (χ0v) is 15.5. The van der Waals surface area contributed by atoms with Gasteiger partial charge < -0.3 is 15.0 Å². The first kappa shape index (κ1) is 20.1. The number of rotatable bonds is 5. The van der Waals surface area contributed by atoms with Gasteiger partial charge in [-0.05, 0) is 50.7 Å². The highest BCUT2D eigenvalue weighted by atomic mass is 19.4. The number of ether oxygens (including phenoxy) is 1. The van der Waals surface area contributed by atoms with Crippen molar-refractivity contribution in [2.75, 3.05) is 20.1 Å². The van der Waals surface area contributed by atoms with Crippen molar-refractivity contribution in [1.82, 2.24) is 15.2 Å². The SMILES string of the molecule is CN1CCC[C@@H](C(=O)NCc2cccnc2Oc2cccc(C(F)(F)F)c2)C1. The van der Waals surface area contributed by atoms with Gasteiger partial charge in [0, 0.05) is 24.8 Å². The molecule has 8 heteroatoms. The van der Waals surface area contributed by atoms with E-state index >= 15 is 0 Å². The predicted octanol–water partition coefficient (Wildman–Crippen LogP) is 3.85. The molecule has 1 fully saturated rings. The number of pyridine rings is 1. The van der Waals surface area contributed by atoms with Crippen molar-refractivity contribution < 1.29 is 22.7 Å². The van der Waals surface area contributed by atoms with Crippen molar-refractivity contribution in [3.8, 4) is 11.6 Å². The van der Waals surface area contributed by atoms with Gasteiger partial charge in [0.15, 0.2) is 0 Å². The topological polar surface area (TPSA) is 54.5 Å². The Kier molecular flexibility index (Phi) is 6.18. The smallest absolute Gasteiger partial charge is 0.416 e. The maximum Gasteiger partial charge on any atom is 0.416 e. The van der Waals surface area contributed by atoms with E-state index in [1.54, 1.807) is 12.1 Å². The average Bonchev–Trinajstić information content (AvgIpc) is 2.66. The summed E-state index contributed by atoms with van der Waals surface area (Å²) in [6.45, 7) is 1.90. The van der Waals surface area contributed by atoms with Crippen LogP contribution in [0, 0.1) is 5.92 Å². The van der Waals surface area contributed by atoms with Crippen molar-refractivity contribution in [1.29, 1.82) is 0 Å². The van der Waals surface area contributed by atoms with Gasteiger partial charge in [0.2, 0.25) is 11.8 Å². The molecule has 0 saturated carbocycles. The first-order valence-electron chi connectivity index (χ1n) is 9.08. The minimum atomic E-state index is -4.45. The van der Waals surface area contributed by atoms with Crippen LogP contribution < -0.4 is 10.1 Å². The second-order valence-corrected chi connectivity index (χ2v) is 6.91. The van der Waals surface area contributed by atoms with E-state index in [0.29, 0.717) is 12.1 Å². The van der Waals surface area contributed by atoms with E-state index in [4.69, 9.17) is 4.74 Å². The van der Waals surface area contributed by atoms with Crippen LogP contribution in [-0.2, 0) is 17.5 Å². The van der Waals surface area contributed by atoms with E-state index < -0.39 is 11.7 Å². The fourth-order valence-corrected chi connectivity index (χ4v) is 3.21. The van der Waals surface area contributed by atoms with E-state index in [0.717, 1.165) is 31.5 Å². The number of carbonyl (C=O) groups excluding carboxylic acids is 1. The number of aromatic nitrogens is 1. The number of piperidine rings is 1. The number of benzene rings is 1. The summed E-state index contributed by atoms with van der Waals surface area (Å²) in [6, 6.07) is 8.03. The molecule has 0 spiro atoms. The molecule has 1 atom stereocenters. The Hall–Kier alpha value is -2.61. The van der Waals surface area contributed by atoms with Crippen molar-refractivity contribution >= 4 is 5.91 Å². The summed E-state index contributed by atoms with van der Waals surface area (Å²) in [5.41, 5.74) is -0.199. The second-order valence-electron chi connectivity index (χ2n) is 6.91. The molecule has 0 aliphatic carbocycles. The number of hydrogen-bond acceptors (Lipinski definition) is 4. The van der Waals surface area contributed by atoms with Crippen LogP contribution in [0.1, 0.15) is 24.0 Å². The fourth-order valence-electron chi connectivity index (χ4n) is 3.21. The zero-order chi connectivity index (χ0) is 20.1. The number of nitrogens with zero attached hydrogens (tertiary/aromatic N) is 2. The van der Waals surface area contributed by atoms with Crippen LogP contribution in [0.15, 0.2) is 42.6 Å². The molecule has 2 heterocycles. The normalized spacial score (nSPS) is 17.9. The summed E-state index contributed by atoms with van der Waals surface area (Å²) in [7, 11) is 1.99. The summed E-state index contributed by atoms with van der Waals surface area (Å²) in [5.74, 6) is 0.0987. The number of hydrogen-bond donors (Lipinski definition) is 1. The quantitative estimate of drug-likeness (QED) is 0.839. The van der Waals surface area contributed by atoms with Crippen molar-refractivity contribution in [3.05, 3.63) is 53.7 Å². The lowest BCUT2D eigenvalue weighted by molar-refractivity contribution is -0.137. The van der Waals surface area contributed by atoms with Gasteiger partial charge >= 0.3 is 6.18 Å². The average molecular weight is 393 g/mol. The number of halogens is 3. The summed E-state index contributed by atoms with van der Waals surface area (Å²) in [5, 5.41) is 2.89. The number of nitrogens with one attached hydrogen (secondary N) is 1. The van der Waals surface area contributed by atoms with Crippen LogP contribution in [-0.4, -0.2) is 35.9 Å². The summed E-state index contributed by atoms with van der Waals surface area (Å²) in [4.78, 5) is 18.6. The fraction of sp³-hybridized carbons (Fsp3) is 0.400. The zero-order valence-electron chi connectivity index (χ0n) is 15.5. The van der Waals surface area contributed by atoms with Crippen LogP contribution in [0.25, 0.3) is 0 Å². The van der Waals surface area contributed by atoms with Crippen LogP contribution in [0.4, 0.5) is 13.2 Å². The highest BCUT2D eigenvalue weighted by Crippen LogP contribution is 2.33. The molecular weight excluding hydrogens is 371 g/mol. The van der Waals surface area contributed by atoms with Gasteiger partial charge in [-0.25, -0.2) is 4.98 Å². The Morgan fingerprint density at radius 3 is 2.89 bits per heavy atom. The van der Waals surface area contributed by atoms with E-state index in [1.807, 2.05) is 7.05 Å². The summed E-state index contributed by atoms with van der Waals surface area (Å²) in [6.07, 6.45) is -1.14. The van der Waals surface area contributed by atoms with Crippen LogP contribution in [0.2, 0.25) is 0 Å². The van der Waals surface area contributed by atoms with E-state index in [9.17, 15) is 18.0 Å². The minimum Gasteiger partial charge on any atom is -0.439 e. The third-order valence-corrected chi connectivity index (χ3v) is 4.67. The Morgan fingerprint density at radius 2 is 2.14 bits per heavy atom. The van der Waals surface area contributed by atoms with Crippen molar-refractivity contribution in [3.63, 3.8) is 0 Å². The number of alkyl halides is 3. The molecule has 1 aromatic heterocycles. The van der Waals surface area contributed by atoms with E-state index in [1.165, 1.54) is 18.3 Å². The van der Waals surface area contributed by atoms with Gasteiger partial charge in [0.1, 0.15) is 5.75 Å². The largest absolute Gasteiger partial charge is 0.439 e. The molecule has 5 nitrogen and oxygen atoms in total. The molecule has 1 aliphatic rings. The minimum absolute atomic E-state index is 0.0370. The molecular formula is C20H22F3N3O2. The van der Waals surface area contributed by atoms with E-state index in [2.05, 4.69) is 15.2 Å². The number of carbonyl (C=O) groups is 1. The molecule has 3 rings (SSSR count). The summed E-state index contributed by atoms with van der Waals surface area (Å²) >= 11 is 0. The van der Waals surface area contributed by atoms with E-state index in [-0.39, 0.29) is 30.0 Å². The lowest BCUT2D eigenvalue weighted by Gasteiger charge is -2.28. The Balaban J connectivity index is 1.67. The molecule has 150 valence electrons. The molecule has 0 radical (unpaired) electrons. The molecule has 28 heavy (non-hydrogen) atoms. The van der Waals surface area contributed by atoms with Gasteiger partial charge in [-0.2, -0.15) is 13.2 Å². The standard InChI is InChI=1S/C20H22F3N3O2/c1-26-10-4-6-15(13-26)18(27)25-12-14-5-3-9-24-19(14)28-17-8-2-7-16(11-17)20(21,22)23/h2-3,5,7-9,11,15H,4,6,10,12-13H2,1H3,(H,25,27)/t15-/m1/s1. The molecule has 0 unspecified atom stereocenters. The molecule has 2 aromatic rings. The van der Waals surface area contributed by atoms with Gasteiger partial charge in [0.25, 0.3) is 0 Å². The first-order valence-corrected chi connectivity index (χ1v) is 9.08. The molecule has 1 aromatic carbocycles. The van der Waals surface area contributed by atoms with Gasteiger partial charge in [-0.15, -0.1) is 0 Å². The van der Waals surface area contributed by atoms with Gasteiger partial charge in [-0.1, -0.05) is 12.1 Å². The van der Waals surface area contributed by atoms with Gasteiger partial charge in [0.05, 0.1) is 11.5 Å². The first-order chi connectivity index (χ1) is 13.3. The predicted molar refractivity (Wildman–Crippen MR) is 97.8 cm³/mol. The maximum atomic E-state index is 12.9. The highest BCUT2D eigenvalue weighted by Gasteiger charge is 2.30. The van der Waals surface area contributed by atoms with Crippen molar-refractivity contribution in [2.24, 2.45) is 5.92 Å². The summed E-state index contributed by atoms with van der Waals surface area (Å²) < 4.78 is 44.2. The Bertz CT molecular complexity index is 826. The lowest BCUT2D eigenvalue weighted by atomic mass is 9.97. The van der Waals surface area contributed by atoms with Crippen LogP contribution in [0.3, 0.4) is 0 Å². The molecule has 1 N–H and O–H groups in total. The third-order valence-electron chi connectivity index (χ3n) is 4.67. The third kappa shape index (κ3) is 5.22. The van der Waals surface area contributed by atoms with Crippen LogP contribution in [0.5, 0.6) is 11.6 Å². The maximum absolute atomic E-state index is 12.9. The second kappa shape index (κ2) is 8.60. The van der Waals surface area contributed by atoms with Crippen LogP contribution >= 0.6 is 0 Å². The lowest BCUT2D eigenvalue weighted by Crippen LogP contribution is -2.41. The number of likely N-dealkylation sites (tertiary alicyclic amines) is 1. The molecule has 1 aliphatic heterocycles. The molecule has 1 amide bonds. The molecule has 0 bridgehead atoms. The Labute approximate surface area is 161 Å². The monoisotopic (exact) mass is 393 g/mol. The van der Waals surface area contributed by atoms with Crippen molar-refractivity contribution in [2.45, 2.75) is 25.6 Å². The number of amides is 1. The van der Waals surface area contributed by atoms with Gasteiger partial charge in [-0.3, -0.25) is 4.79 Å². The highest BCUT2D eigenvalue weighted by molar-refractivity contribution is 5.79. The molecule has 1 saturated heterocycles.